The number of hydrogen-bond donors (Lipinski definition) is 2. The van der Waals surface area contributed by atoms with Gasteiger partial charge in [-0.15, -0.1) is 0 Å². The molecule has 1 aliphatic rings. The molecule has 0 aromatic heterocycles. The predicted octanol–water partition coefficient (Wildman–Crippen LogP) is 2.10. The van der Waals surface area contributed by atoms with Crippen LogP contribution in [-0.2, 0) is 9.59 Å². The van der Waals surface area contributed by atoms with Crippen molar-refractivity contribution in [1.82, 2.24) is 10.2 Å². The molecule has 0 bridgehead atoms. The van der Waals surface area contributed by atoms with Crippen LogP contribution in [0.4, 0.5) is 5.69 Å². The van der Waals surface area contributed by atoms with Crippen molar-refractivity contribution in [2.45, 2.75) is 0 Å². The van der Waals surface area contributed by atoms with E-state index in [1.807, 2.05) is 48.5 Å². The number of rotatable bonds is 8. The monoisotopic (exact) mass is 409 g/mol. The third-order valence-corrected chi connectivity index (χ3v) is 5.04. The number of nitrogens with one attached hydrogen (secondary N) is 1. The largest absolute Gasteiger partial charge is 0.497 e. The van der Waals surface area contributed by atoms with Crippen LogP contribution in [0.15, 0.2) is 60.2 Å². The number of benzene rings is 2. The van der Waals surface area contributed by atoms with Crippen molar-refractivity contribution >= 4 is 23.6 Å². The van der Waals surface area contributed by atoms with Crippen LogP contribution in [-0.4, -0.2) is 68.3 Å². The minimum Gasteiger partial charge on any atom is -0.497 e. The van der Waals surface area contributed by atoms with Crippen LogP contribution in [0.3, 0.4) is 0 Å². The molecule has 1 amide bonds. The van der Waals surface area contributed by atoms with E-state index in [1.54, 1.807) is 7.11 Å². The lowest BCUT2D eigenvalue weighted by molar-refractivity contribution is -0.137. The lowest BCUT2D eigenvalue weighted by Crippen LogP contribution is -2.48. The van der Waals surface area contributed by atoms with Crippen LogP contribution in [0.1, 0.15) is 5.56 Å². The molecule has 0 radical (unpaired) electrons. The Hall–Kier alpha value is -3.32. The zero-order valence-corrected chi connectivity index (χ0v) is 17.1. The molecular formula is C23H27N3O4. The summed E-state index contributed by atoms with van der Waals surface area (Å²) in [6, 6.07) is 17.6. The summed E-state index contributed by atoms with van der Waals surface area (Å²) in [7, 11) is 1.65. The lowest BCUT2D eigenvalue weighted by Gasteiger charge is -2.36. The molecule has 7 nitrogen and oxygen atoms in total. The summed E-state index contributed by atoms with van der Waals surface area (Å²) in [5.74, 6) is -0.574. The fraction of sp³-hybridized carbons (Fsp3) is 0.304. The first-order chi connectivity index (χ1) is 14.5. The van der Waals surface area contributed by atoms with Crippen molar-refractivity contribution in [2.75, 3.05) is 51.3 Å². The Labute approximate surface area is 176 Å². The second-order valence-corrected chi connectivity index (χ2v) is 7.12. The molecule has 1 fully saturated rings. The second-order valence-electron chi connectivity index (χ2n) is 7.12. The van der Waals surface area contributed by atoms with Gasteiger partial charge in [-0.1, -0.05) is 30.3 Å². The Morgan fingerprint density at radius 1 is 1.03 bits per heavy atom. The smallest absolute Gasteiger partial charge is 0.322 e. The fourth-order valence-corrected chi connectivity index (χ4v) is 3.40. The maximum absolute atomic E-state index is 12.6. The highest BCUT2D eigenvalue weighted by Crippen LogP contribution is 2.21. The second kappa shape index (κ2) is 10.5. The van der Waals surface area contributed by atoms with Crippen LogP contribution in [0, 0.1) is 0 Å². The van der Waals surface area contributed by atoms with Crippen LogP contribution in [0.25, 0.3) is 6.08 Å². The number of carbonyl (C=O) groups is 2. The van der Waals surface area contributed by atoms with E-state index in [0.717, 1.165) is 43.2 Å². The SMILES string of the molecule is COc1ccc(N2CCN(C/C(=C\c3ccccc3)C(=O)NCC(=O)O)CC2)cc1. The first kappa shape index (κ1) is 21.4. The summed E-state index contributed by atoms with van der Waals surface area (Å²) in [6.45, 7) is 3.39. The van der Waals surface area contributed by atoms with Crippen molar-refractivity contribution in [1.29, 1.82) is 0 Å². The standard InChI is InChI=1S/C23H27N3O4/c1-30-21-9-7-20(8-10-21)26-13-11-25(12-14-26)17-19(23(29)24-16-22(27)28)15-18-5-3-2-4-6-18/h2-10,15H,11-14,16-17H2,1H3,(H,24,29)(H,27,28)/b19-15+. The lowest BCUT2D eigenvalue weighted by atomic mass is 10.1. The summed E-state index contributed by atoms with van der Waals surface area (Å²) < 4.78 is 5.22. The molecule has 0 saturated carbocycles. The molecule has 2 aromatic carbocycles. The van der Waals surface area contributed by atoms with Gasteiger partial charge in [-0.3, -0.25) is 14.5 Å². The van der Waals surface area contributed by atoms with Crippen LogP contribution in [0.2, 0.25) is 0 Å². The Balaban J connectivity index is 1.64. The summed E-state index contributed by atoms with van der Waals surface area (Å²) in [5.41, 5.74) is 2.62. The number of aliphatic carboxylic acids is 1. The van der Waals surface area contributed by atoms with Gasteiger partial charge in [0.15, 0.2) is 0 Å². The highest BCUT2D eigenvalue weighted by molar-refractivity contribution is 5.99. The highest BCUT2D eigenvalue weighted by atomic mass is 16.5. The number of ether oxygens (including phenoxy) is 1. The summed E-state index contributed by atoms with van der Waals surface area (Å²) in [6.07, 6.45) is 1.83. The van der Waals surface area contributed by atoms with Crippen molar-refractivity contribution in [3.05, 3.63) is 65.7 Å². The first-order valence-electron chi connectivity index (χ1n) is 9.92. The molecule has 3 rings (SSSR count). The molecule has 1 saturated heterocycles. The average Bonchev–Trinajstić information content (AvgIpc) is 2.78. The van der Waals surface area contributed by atoms with E-state index in [4.69, 9.17) is 9.84 Å². The maximum atomic E-state index is 12.6. The van der Waals surface area contributed by atoms with E-state index < -0.39 is 12.5 Å². The molecule has 0 aliphatic carbocycles. The van der Waals surface area contributed by atoms with Crippen molar-refractivity contribution in [3.63, 3.8) is 0 Å². The third kappa shape index (κ3) is 6.09. The normalized spacial score (nSPS) is 15.0. The van der Waals surface area contributed by atoms with Crippen molar-refractivity contribution < 1.29 is 19.4 Å². The zero-order chi connectivity index (χ0) is 21.3. The predicted molar refractivity (Wildman–Crippen MR) is 117 cm³/mol. The number of hydrogen-bond acceptors (Lipinski definition) is 5. The zero-order valence-electron chi connectivity index (χ0n) is 17.1. The van der Waals surface area contributed by atoms with Crippen molar-refractivity contribution in [2.24, 2.45) is 0 Å². The molecule has 30 heavy (non-hydrogen) atoms. The third-order valence-electron chi connectivity index (χ3n) is 5.04. The Bertz CT molecular complexity index is 873. The molecule has 0 atom stereocenters. The Morgan fingerprint density at radius 2 is 1.70 bits per heavy atom. The molecule has 7 heteroatoms. The molecule has 1 heterocycles. The Morgan fingerprint density at radius 3 is 2.30 bits per heavy atom. The number of anilines is 1. The number of methoxy groups -OCH3 is 1. The van der Waals surface area contributed by atoms with Gasteiger partial charge in [-0.05, 0) is 35.9 Å². The first-order valence-corrected chi connectivity index (χ1v) is 9.92. The van der Waals surface area contributed by atoms with E-state index in [-0.39, 0.29) is 5.91 Å². The maximum Gasteiger partial charge on any atom is 0.322 e. The van der Waals surface area contributed by atoms with Crippen molar-refractivity contribution in [3.8, 4) is 5.75 Å². The van der Waals surface area contributed by atoms with Gasteiger partial charge in [0.1, 0.15) is 12.3 Å². The van der Waals surface area contributed by atoms with E-state index >= 15 is 0 Å². The number of carbonyl (C=O) groups excluding carboxylic acids is 1. The molecular weight excluding hydrogens is 382 g/mol. The van der Waals surface area contributed by atoms with Gasteiger partial charge in [0.25, 0.3) is 0 Å². The van der Waals surface area contributed by atoms with Gasteiger partial charge in [-0.25, -0.2) is 0 Å². The van der Waals surface area contributed by atoms with Gasteiger partial charge in [0, 0.05) is 44.0 Å². The summed E-state index contributed by atoms with van der Waals surface area (Å²) in [5, 5.41) is 11.3. The van der Waals surface area contributed by atoms with Gasteiger partial charge >= 0.3 is 5.97 Å². The minimum absolute atomic E-state index is 0.348. The molecule has 158 valence electrons. The van der Waals surface area contributed by atoms with E-state index in [9.17, 15) is 9.59 Å². The van der Waals surface area contributed by atoms with E-state index in [1.165, 1.54) is 0 Å². The van der Waals surface area contributed by atoms with E-state index in [0.29, 0.717) is 12.1 Å². The number of amides is 1. The van der Waals surface area contributed by atoms with Gasteiger partial charge in [0.05, 0.1) is 7.11 Å². The fourth-order valence-electron chi connectivity index (χ4n) is 3.40. The Kier molecular flexibility index (Phi) is 7.45. The number of nitrogens with zero attached hydrogens (tertiary/aromatic N) is 2. The molecule has 2 aromatic rings. The van der Waals surface area contributed by atoms with Gasteiger partial charge in [0.2, 0.25) is 5.91 Å². The average molecular weight is 409 g/mol. The molecule has 0 unspecified atom stereocenters. The van der Waals surface area contributed by atoms with E-state index in [2.05, 4.69) is 27.2 Å². The molecule has 0 spiro atoms. The van der Waals surface area contributed by atoms with Gasteiger partial charge < -0.3 is 20.1 Å². The molecule has 2 N–H and O–H groups in total. The topological polar surface area (TPSA) is 82.1 Å². The number of piperazine rings is 1. The van der Waals surface area contributed by atoms with Crippen LogP contribution in [0.5, 0.6) is 5.75 Å². The number of carboxylic acid groups (broad SMARTS) is 1. The minimum atomic E-state index is -1.06. The number of carboxylic acids is 1. The van der Waals surface area contributed by atoms with Crippen LogP contribution >= 0.6 is 0 Å². The highest BCUT2D eigenvalue weighted by Gasteiger charge is 2.21. The van der Waals surface area contributed by atoms with Crippen LogP contribution < -0.4 is 15.0 Å². The summed E-state index contributed by atoms with van der Waals surface area (Å²) >= 11 is 0. The quantitative estimate of drug-likeness (QED) is 0.650. The molecule has 1 aliphatic heterocycles. The summed E-state index contributed by atoms with van der Waals surface area (Å²) in [4.78, 5) is 27.9. The van der Waals surface area contributed by atoms with Gasteiger partial charge in [-0.2, -0.15) is 0 Å².